The van der Waals surface area contributed by atoms with E-state index in [0.717, 1.165) is 29.6 Å². The summed E-state index contributed by atoms with van der Waals surface area (Å²) in [6.07, 6.45) is -11.9. The topological polar surface area (TPSA) is 114 Å². The highest BCUT2D eigenvalue weighted by Gasteiger charge is 2.78. The summed E-state index contributed by atoms with van der Waals surface area (Å²) in [4.78, 5) is 25.4. The Balaban J connectivity index is 2.95. The molecule has 1 heterocycles. The van der Waals surface area contributed by atoms with E-state index in [1.165, 1.54) is 21.0 Å². The fourth-order valence-electron chi connectivity index (χ4n) is 3.96. The van der Waals surface area contributed by atoms with Gasteiger partial charge in [-0.05, 0) is 31.5 Å². The zero-order chi connectivity index (χ0) is 26.1. The van der Waals surface area contributed by atoms with Crippen LogP contribution in [0.15, 0.2) is 24.3 Å². The maximum absolute atomic E-state index is 14.1. The van der Waals surface area contributed by atoms with Crippen molar-refractivity contribution in [1.82, 2.24) is 5.32 Å². The minimum Gasteiger partial charge on any atom is -0.497 e. The van der Waals surface area contributed by atoms with Gasteiger partial charge in [0.1, 0.15) is 17.6 Å². The first kappa shape index (κ1) is 27.7. The first-order valence-corrected chi connectivity index (χ1v) is 9.93. The Morgan fingerprint density at radius 1 is 0.882 bits per heavy atom. The third-order valence-electron chi connectivity index (χ3n) is 5.45. The number of rotatable bonds is 6. The van der Waals surface area contributed by atoms with Gasteiger partial charge in [-0.15, -0.1) is 0 Å². The van der Waals surface area contributed by atoms with Crippen molar-refractivity contribution in [1.29, 1.82) is 0 Å². The second-order valence-electron chi connectivity index (χ2n) is 7.41. The smallest absolute Gasteiger partial charge is 0.432 e. The molecular weight excluding hydrogens is 480 g/mol. The molecule has 192 valence electrons. The summed E-state index contributed by atoms with van der Waals surface area (Å²) < 4.78 is 98.5. The number of nitrogens with one attached hydrogen (secondary N) is 1. The van der Waals surface area contributed by atoms with Gasteiger partial charge in [-0.1, -0.05) is 12.1 Å². The van der Waals surface area contributed by atoms with Crippen LogP contribution in [0.3, 0.4) is 0 Å². The molecule has 0 bridgehead atoms. The first-order valence-electron chi connectivity index (χ1n) is 9.93. The zero-order valence-electron chi connectivity index (χ0n) is 18.2. The molecule has 1 saturated heterocycles. The molecule has 1 aliphatic rings. The van der Waals surface area contributed by atoms with Crippen molar-refractivity contribution in [2.24, 2.45) is 11.8 Å². The van der Waals surface area contributed by atoms with E-state index in [0.29, 0.717) is 0 Å². The lowest BCUT2D eigenvalue weighted by Crippen LogP contribution is -2.81. The van der Waals surface area contributed by atoms with Gasteiger partial charge in [0.2, 0.25) is 11.4 Å². The van der Waals surface area contributed by atoms with E-state index in [1.54, 1.807) is 0 Å². The normalized spacial score (nSPS) is 29.9. The van der Waals surface area contributed by atoms with Crippen LogP contribution < -0.4 is 10.1 Å². The van der Waals surface area contributed by atoms with Crippen LogP contribution in [0.2, 0.25) is 0 Å². The van der Waals surface area contributed by atoms with Gasteiger partial charge in [-0.3, -0.25) is 9.59 Å². The number of carbonyl (C=O) groups is 2. The highest BCUT2D eigenvalue weighted by atomic mass is 19.4. The van der Waals surface area contributed by atoms with Crippen molar-refractivity contribution in [3.05, 3.63) is 29.8 Å². The molecule has 1 aromatic carbocycles. The van der Waals surface area contributed by atoms with Gasteiger partial charge in [0.05, 0.1) is 20.3 Å². The lowest BCUT2D eigenvalue weighted by molar-refractivity contribution is -0.376. The Morgan fingerprint density at radius 2 is 1.26 bits per heavy atom. The average Bonchev–Trinajstić information content (AvgIpc) is 2.72. The molecule has 0 saturated carbocycles. The zero-order valence-corrected chi connectivity index (χ0v) is 18.2. The molecule has 14 heteroatoms. The van der Waals surface area contributed by atoms with E-state index in [1.807, 2.05) is 0 Å². The van der Waals surface area contributed by atoms with Gasteiger partial charge in [-0.25, -0.2) is 5.32 Å². The van der Waals surface area contributed by atoms with Crippen molar-refractivity contribution in [2.45, 2.75) is 43.6 Å². The molecule has 3 N–H and O–H groups in total. The molecule has 2 rings (SSSR count). The number of aliphatic hydroxyl groups is 2. The molecule has 1 aromatic rings. The molecule has 1 fully saturated rings. The molecule has 0 aliphatic carbocycles. The summed E-state index contributed by atoms with van der Waals surface area (Å²) in [5, 5.41) is 21.8. The fraction of sp³-hybridized carbons (Fsp3) is 0.600. The van der Waals surface area contributed by atoms with Crippen molar-refractivity contribution in [2.75, 3.05) is 20.3 Å². The van der Waals surface area contributed by atoms with E-state index in [4.69, 9.17) is 4.74 Å². The van der Waals surface area contributed by atoms with Crippen LogP contribution in [0.5, 0.6) is 5.75 Å². The highest BCUT2D eigenvalue weighted by molar-refractivity contribution is 5.81. The molecule has 1 aliphatic heterocycles. The number of methoxy groups -OCH3 is 1. The SMILES string of the molecule is CCOC(=O)[C@@H]1C(c2ccc(OC)cc2)[C@H](C(=O)OCC)[C@](O)(C(F)(F)F)N[C@@]1(O)C(F)(F)F. The number of esters is 2. The third kappa shape index (κ3) is 4.66. The Kier molecular flexibility index (Phi) is 7.80. The van der Waals surface area contributed by atoms with Crippen molar-refractivity contribution < 1.29 is 60.4 Å². The van der Waals surface area contributed by atoms with Crippen LogP contribution in [0.4, 0.5) is 26.3 Å². The molecule has 8 nitrogen and oxygen atoms in total. The van der Waals surface area contributed by atoms with Gasteiger partial charge >= 0.3 is 24.3 Å². The Bertz CT molecular complexity index is 843. The van der Waals surface area contributed by atoms with Crippen LogP contribution in [-0.2, 0) is 19.1 Å². The lowest BCUT2D eigenvalue weighted by atomic mass is 9.64. The summed E-state index contributed by atoms with van der Waals surface area (Å²) in [6, 6.07) is 4.31. The number of hydrogen-bond donors (Lipinski definition) is 3. The second kappa shape index (κ2) is 9.58. The van der Waals surface area contributed by atoms with Gasteiger partial charge in [0.15, 0.2) is 0 Å². The monoisotopic (exact) mass is 503 g/mol. The lowest BCUT2D eigenvalue weighted by Gasteiger charge is -2.54. The number of alkyl halides is 6. The largest absolute Gasteiger partial charge is 0.497 e. The average molecular weight is 503 g/mol. The van der Waals surface area contributed by atoms with Crippen LogP contribution in [-0.4, -0.2) is 66.3 Å². The van der Waals surface area contributed by atoms with Crippen LogP contribution in [0.1, 0.15) is 25.3 Å². The van der Waals surface area contributed by atoms with Crippen LogP contribution in [0.25, 0.3) is 0 Å². The number of hydrogen-bond acceptors (Lipinski definition) is 8. The minimum atomic E-state index is -5.94. The Hall–Kier alpha value is -2.58. The van der Waals surface area contributed by atoms with E-state index >= 15 is 0 Å². The highest BCUT2D eigenvalue weighted by Crippen LogP contribution is 2.55. The van der Waals surface area contributed by atoms with Crippen molar-refractivity contribution >= 4 is 11.9 Å². The van der Waals surface area contributed by atoms with E-state index in [9.17, 15) is 46.1 Å². The summed E-state index contributed by atoms with van der Waals surface area (Å²) in [5.74, 6) is -11.5. The van der Waals surface area contributed by atoms with Gasteiger partial charge in [0.25, 0.3) is 0 Å². The summed E-state index contributed by atoms with van der Waals surface area (Å²) in [6.45, 7) is 1.45. The van der Waals surface area contributed by atoms with Gasteiger partial charge in [-0.2, -0.15) is 26.3 Å². The van der Waals surface area contributed by atoms with Crippen LogP contribution in [0, 0.1) is 11.8 Å². The van der Waals surface area contributed by atoms with Gasteiger partial charge < -0.3 is 24.4 Å². The summed E-state index contributed by atoms with van der Waals surface area (Å²) >= 11 is 0. The summed E-state index contributed by atoms with van der Waals surface area (Å²) in [5.41, 5.74) is -9.74. The Morgan fingerprint density at radius 3 is 1.56 bits per heavy atom. The van der Waals surface area contributed by atoms with E-state index in [-0.39, 0.29) is 5.75 Å². The predicted molar refractivity (Wildman–Crippen MR) is 101 cm³/mol. The molecule has 0 spiro atoms. The Labute approximate surface area is 189 Å². The molecule has 34 heavy (non-hydrogen) atoms. The van der Waals surface area contributed by atoms with Crippen molar-refractivity contribution in [3.63, 3.8) is 0 Å². The molecule has 0 amide bonds. The van der Waals surface area contributed by atoms with Crippen molar-refractivity contribution in [3.8, 4) is 5.75 Å². The second-order valence-corrected chi connectivity index (χ2v) is 7.41. The predicted octanol–water partition coefficient (Wildman–Crippen LogP) is 2.24. The number of ether oxygens (including phenoxy) is 3. The number of piperidine rings is 1. The quantitative estimate of drug-likeness (QED) is 0.400. The number of halogens is 6. The third-order valence-corrected chi connectivity index (χ3v) is 5.45. The standard InChI is InChI=1S/C20H23F6NO7/c1-4-33-15(28)13-12(10-6-8-11(32-3)9-7-10)14(16(29)34-5-2)18(31,20(24,25)26)27-17(13,30)19(21,22)23/h6-9,12-14,27,30-31H,4-5H2,1-3H3/t12?,13-,14+,17-,18-/m0/s1. The van der Waals surface area contributed by atoms with Gasteiger partial charge in [0, 0.05) is 5.92 Å². The molecule has 0 aromatic heterocycles. The number of benzene rings is 1. The molecule has 5 atom stereocenters. The minimum absolute atomic E-state index is 0.148. The van der Waals surface area contributed by atoms with Crippen LogP contribution >= 0.6 is 0 Å². The van der Waals surface area contributed by atoms with E-state index < -0.39 is 72.3 Å². The molecule has 1 unspecified atom stereocenters. The first-order chi connectivity index (χ1) is 15.6. The molecular formula is C20H23F6NO7. The maximum Gasteiger partial charge on any atom is 0.432 e. The molecule has 0 radical (unpaired) electrons. The fourth-order valence-corrected chi connectivity index (χ4v) is 3.96. The summed E-state index contributed by atoms with van der Waals surface area (Å²) in [7, 11) is 1.24. The van der Waals surface area contributed by atoms with E-state index in [2.05, 4.69) is 9.47 Å². The maximum atomic E-state index is 14.1. The number of carbonyl (C=O) groups excluding carboxylic acids is 2.